The van der Waals surface area contributed by atoms with Crippen LogP contribution in [-0.2, 0) is 6.54 Å². The first kappa shape index (κ1) is 12.0. The van der Waals surface area contributed by atoms with E-state index in [9.17, 15) is 0 Å². The summed E-state index contributed by atoms with van der Waals surface area (Å²) in [5, 5.41) is 2.05. The van der Waals surface area contributed by atoms with Crippen molar-refractivity contribution in [2.24, 2.45) is 0 Å². The molecule has 2 heterocycles. The summed E-state index contributed by atoms with van der Waals surface area (Å²) in [4.78, 5) is 8.17. The Morgan fingerprint density at radius 3 is 2.78 bits per heavy atom. The monoisotopic (exact) mass is 263 g/mol. The van der Waals surface area contributed by atoms with Crippen molar-refractivity contribution < 1.29 is 0 Å². The highest BCUT2D eigenvalue weighted by Gasteiger charge is 2.15. The number of para-hydroxylation sites is 1. The maximum atomic E-state index is 6.18. The Labute approximate surface area is 112 Å². The normalized spacial score (nSPS) is 18.6. The number of piperazine rings is 1. The molecule has 18 heavy (non-hydrogen) atoms. The van der Waals surface area contributed by atoms with E-state index in [1.54, 1.807) is 0 Å². The molecule has 2 aromatic rings. The Balaban J connectivity index is 1.81. The molecule has 0 amide bonds. The van der Waals surface area contributed by atoms with Crippen LogP contribution in [0.5, 0.6) is 0 Å². The van der Waals surface area contributed by atoms with Crippen LogP contribution in [0.4, 0.5) is 0 Å². The predicted octanol–water partition coefficient (Wildman–Crippen LogP) is 2.57. The Morgan fingerprint density at radius 1 is 1.22 bits per heavy atom. The van der Waals surface area contributed by atoms with Gasteiger partial charge in [-0.15, -0.1) is 0 Å². The zero-order valence-corrected chi connectivity index (χ0v) is 11.4. The lowest BCUT2D eigenvalue weighted by atomic mass is 10.1. The number of rotatable bonds is 2. The standard InChI is InChI=1S/C14H18ClN3/c1-17-5-7-18(8-6-17)10-11-9-16-14-12(11)3-2-4-13(14)15/h2-4,9,16H,5-8,10H2,1H3. The molecule has 96 valence electrons. The molecular formula is C14H18ClN3. The number of aromatic nitrogens is 1. The highest BCUT2D eigenvalue weighted by atomic mass is 35.5. The second-order valence-corrected chi connectivity index (χ2v) is 5.46. The van der Waals surface area contributed by atoms with Gasteiger partial charge in [0.25, 0.3) is 0 Å². The molecule has 3 nitrogen and oxygen atoms in total. The summed E-state index contributed by atoms with van der Waals surface area (Å²) >= 11 is 6.18. The van der Waals surface area contributed by atoms with E-state index >= 15 is 0 Å². The summed E-state index contributed by atoms with van der Waals surface area (Å²) in [5.74, 6) is 0. The van der Waals surface area contributed by atoms with E-state index in [2.05, 4.69) is 34.1 Å². The van der Waals surface area contributed by atoms with Crippen molar-refractivity contribution in [1.82, 2.24) is 14.8 Å². The Hall–Kier alpha value is -1.03. The van der Waals surface area contributed by atoms with Crippen molar-refractivity contribution in [3.8, 4) is 0 Å². The fourth-order valence-electron chi connectivity index (χ4n) is 2.55. The van der Waals surface area contributed by atoms with Crippen LogP contribution in [-0.4, -0.2) is 48.0 Å². The topological polar surface area (TPSA) is 22.3 Å². The number of halogens is 1. The molecule has 0 aliphatic carbocycles. The van der Waals surface area contributed by atoms with Crippen molar-refractivity contribution >= 4 is 22.5 Å². The second-order valence-electron chi connectivity index (χ2n) is 5.06. The van der Waals surface area contributed by atoms with Gasteiger partial charge in [0.15, 0.2) is 0 Å². The Bertz CT molecular complexity index is 541. The number of nitrogens with zero attached hydrogens (tertiary/aromatic N) is 2. The zero-order valence-electron chi connectivity index (χ0n) is 10.6. The minimum Gasteiger partial charge on any atom is -0.360 e. The maximum absolute atomic E-state index is 6.18. The number of hydrogen-bond acceptors (Lipinski definition) is 2. The van der Waals surface area contributed by atoms with Gasteiger partial charge in [-0.2, -0.15) is 0 Å². The van der Waals surface area contributed by atoms with Crippen molar-refractivity contribution in [2.75, 3.05) is 33.2 Å². The molecule has 4 heteroatoms. The highest BCUT2D eigenvalue weighted by molar-refractivity contribution is 6.35. The summed E-state index contributed by atoms with van der Waals surface area (Å²) in [5.41, 5.74) is 2.40. The van der Waals surface area contributed by atoms with Gasteiger partial charge in [0.2, 0.25) is 0 Å². The molecule has 0 spiro atoms. The van der Waals surface area contributed by atoms with E-state index < -0.39 is 0 Å². The summed E-state index contributed by atoms with van der Waals surface area (Å²) in [6.07, 6.45) is 2.09. The van der Waals surface area contributed by atoms with Gasteiger partial charge in [-0.05, 0) is 18.7 Å². The quantitative estimate of drug-likeness (QED) is 0.900. The molecule has 1 N–H and O–H groups in total. The summed E-state index contributed by atoms with van der Waals surface area (Å²) in [6, 6.07) is 6.09. The SMILES string of the molecule is CN1CCN(Cc2c[nH]c3c(Cl)cccc23)CC1. The molecule has 0 radical (unpaired) electrons. The number of aromatic amines is 1. The van der Waals surface area contributed by atoms with Crippen LogP contribution in [0.3, 0.4) is 0 Å². The van der Waals surface area contributed by atoms with E-state index in [0.29, 0.717) is 0 Å². The molecule has 0 saturated carbocycles. The third-order valence-electron chi connectivity index (χ3n) is 3.74. The number of benzene rings is 1. The molecular weight excluding hydrogens is 246 g/mol. The molecule has 1 saturated heterocycles. The molecule has 0 unspecified atom stereocenters. The van der Waals surface area contributed by atoms with Gasteiger partial charge in [0.05, 0.1) is 10.5 Å². The fourth-order valence-corrected chi connectivity index (χ4v) is 2.78. The molecule has 1 aromatic heterocycles. The van der Waals surface area contributed by atoms with Crippen molar-refractivity contribution in [3.05, 3.63) is 35.0 Å². The van der Waals surface area contributed by atoms with Gasteiger partial charge < -0.3 is 9.88 Å². The second kappa shape index (κ2) is 4.92. The van der Waals surface area contributed by atoms with Crippen LogP contribution in [0, 0.1) is 0 Å². The van der Waals surface area contributed by atoms with Crippen molar-refractivity contribution in [2.45, 2.75) is 6.54 Å². The van der Waals surface area contributed by atoms with Crippen LogP contribution in [0.2, 0.25) is 5.02 Å². The molecule has 0 bridgehead atoms. The van der Waals surface area contributed by atoms with Crippen molar-refractivity contribution in [3.63, 3.8) is 0 Å². The Morgan fingerprint density at radius 2 is 2.00 bits per heavy atom. The fraction of sp³-hybridized carbons (Fsp3) is 0.429. The summed E-state index contributed by atoms with van der Waals surface area (Å²) < 4.78 is 0. The van der Waals surface area contributed by atoms with Gasteiger partial charge in [0, 0.05) is 44.3 Å². The van der Waals surface area contributed by atoms with Gasteiger partial charge >= 0.3 is 0 Å². The third kappa shape index (κ3) is 2.26. The largest absolute Gasteiger partial charge is 0.360 e. The summed E-state index contributed by atoms with van der Waals surface area (Å²) in [6.45, 7) is 5.61. The van der Waals surface area contributed by atoms with Crippen LogP contribution in [0.25, 0.3) is 10.9 Å². The molecule has 1 aliphatic rings. The summed E-state index contributed by atoms with van der Waals surface area (Å²) in [7, 11) is 2.18. The van der Waals surface area contributed by atoms with E-state index in [1.807, 2.05) is 12.1 Å². The van der Waals surface area contributed by atoms with Crippen LogP contribution < -0.4 is 0 Å². The number of nitrogens with one attached hydrogen (secondary N) is 1. The molecule has 3 rings (SSSR count). The molecule has 1 aliphatic heterocycles. The first-order valence-corrected chi connectivity index (χ1v) is 6.77. The predicted molar refractivity (Wildman–Crippen MR) is 76.1 cm³/mol. The Kier molecular flexibility index (Phi) is 3.29. The van der Waals surface area contributed by atoms with E-state index in [-0.39, 0.29) is 0 Å². The average molecular weight is 264 g/mol. The average Bonchev–Trinajstić information content (AvgIpc) is 2.77. The lowest BCUT2D eigenvalue weighted by Gasteiger charge is -2.32. The van der Waals surface area contributed by atoms with Crippen molar-refractivity contribution in [1.29, 1.82) is 0 Å². The minimum atomic E-state index is 0.803. The van der Waals surface area contributed by atoms with Gasteiger partial charge in [-0.3, -0.25) is 4.90 Å². The van der Waals surface area contributed by atoms with Crippen LogP contribution in [0.1, 0.15) is 5.56 Å². The number of hydrogen-bond donors (Lipinski definition) is 1. The smallest absolute Gasteiger partial charge is 0.0647 e. The lowest BCUT2D eigenvalue weighted by Crippen LogP contribution is -2.43. The van der Waals surface area contributed by atoms with E-state index in [0.717, 1.165) is 43.3 Å². The van der Waals surface area contributed by atoms with Gasteiger partial charge in [-0.25, -0.2) is 0 Å². The minimum absolute atomic E-state index is 0.803. The molecule has 1 aromatic carbocycles. The first-order valence-electron chi connectivity index (χ1n) is 6.39. The van der Waals surface area contributed by atoms with Gasteiger partial charge in [0.1, 0.15) is 0 Å². The first-order chi connectivity index (χ1) is 8.74. The van der Waals surface area contributed by atoms with E-state index in [1.165, 1.54) is 10.9 Å². The van der Waals surface area contributed by atoms with E-state index in [4.69, 9.17) is 11.6 Å². The zero-order chi connectivity index (χ0) is 12.5. The molecule has 0 atom stereocenters. The number of fused-ring (bicyclic) bond motifs is 1. The van der Waals surface area contributed by atoms with Crippen LogP contribution in [0.15, 0.2) is 24.4 Å². The maximum Gasteiger partial charge on any atom is 0.0647 e. The number of H-pyrrole nitrogens is 1. The highest BCUT2D eigenvalue weighted by Crippen LogP contribution is 2.26. The molecule has 1 fully saturated rings. The van der Waals surface area contributed by atoms with Gasteiger partial charge in [-0.1, -0.05) is 23.7 Å². The van der Waals surface area contributed by atoms with Crippen LogP contribution >= 0.6 is 11.6 Å². The number of likely N-dealkylation sites (N-methyl/N-ethyl adjacent to an activating group) is 1. The third-order valence-corrected chi connectivity index (χ3v) is 4.06. The lowest BCUT2D eigenvalue weighted by molar-refractivity contribution is 0.148.